The first-order valence-electron chi connectivity index (χ1n) is 5.49. The number of nitrogens with zero attached hydrogens (tertiary/aromatic N) is 3. The summed E-state index contributed by atoms with van der Waals surface area (Å²) in [6, 6.07) is 0.389. The second-order valence-corrected chi connectivity index (χ2v) is 5.31. The summed E-state index contributed by atoms with van der Waals surface area (Å²) in [5.41, 5.74) is 5.64. The zero-order chi connectivity index (χ0) is 10.8. The molecule has 0 aromatic carbocycles. The molecular formula is C10H18N4S. The van der Waals surface area contributed by atoms with Crippen molar-refractivity contribution in [1.82, 2.24) is 14.8 Å². The Morgan fingerprint density at radius 1 is 1.47 bits per heavy atom. The molecule has 1 aliphatic carbocycles. The van der Waals surface area contributed by atoms with E-state index in [4.69, 9.17) is 5.73 Å². The fraction of sp³-hybridized carbons (Fsp3) is 0.800. The Morgan fingerprint density at radius 3 is 2.73 bits per heavy atom. The van der Waals surface area contributed by atoms with Gasteiger partial charge in [0.1, 0.15) is 5.82 Å². The third-order valence-electron chi connectivity index (χ3n) is 2.58. The molecule has 2 N–H and O–H groups in total. The van der Waals surface area contributed by atoms with E-state index >= 15 is 0 Å². The van der Waals surface area contributed by atoms with Gasteiger partial charge in [-0.1, -0.05) is 11.8 Å². The van der Waals surface area contributed by atoms with Crippen LogP contribution in [0.25, 0.3) is 0 Å². The molecule has 0 saturated heterocycles. The predicted octanol–water partition coefficient (Wildman–Crippen LogP) is 1.82. The minimum absolute atomic E-state index is 0.389. The standard InChI is InChI=1S/C10H18N4S/c1-7(2)14-9(5-11)12-13-10(14)15-6-8-3-4-8/h7-8H,3-6,11H2,1-2H3. The molecule has 1 aliphatic rings. The van der Waals surface area contributed by atoms with Crippen molar-refractivity contribution in [2.45, 2.75) is 44.4 Å². The summed E-state index contributed by atoms with van der Waals surface area (Å²) in [5, 5.41) is 9.35. The van der Waals surface area contributed by atoms with E-state index in [-0.39, 0.29) is 0 Å². The Morgan fingerprint density at radius 2 is 2.20 bits per heavy atom. The molecule has 0 unspecified atom stereocenters. The molecular weight excluding hydrogens is 208 g/mol. The molecule has 1 saturated carbocycles. The average molecular weight is 226 g/mol. The van der Waals surface area contributed by atoms with Crippen molar-refractivity contribution in [3.8, 4) is 0 Å². The molecule has 0 aliphatic heterocycles. The van der Waals surface area contributed by atoms with Gasteiger partial charge in [-0.05, 0) is 32.6 Å². The average Bonchev–Trinajstić information content (AvgIpc) is 2.93. The first-order chi connectivity index (χ1) is 7.22. The van der Waals surface area contributed by atoms with Gasteiger partial charge in [0.05, 0.1) is 6.54 Å². The Hall–Kier alpha value is -0.550. The lowest BCUT2D eigenvalue weighted by atomic mass is 10.4. The third-order valence-corrected chi connectivity index (χ3v) is 3.75. The van der Waals surface area contributed by atoms with Crippen LogP contribution in [0, 0.1) is 5.92 Å². The summed E-state index contributed by atoms with van der Waals surface area (Å²) in [5.74, 6) is 2.98. The highest BCUT2D eigenvalue weighted by Gasteiger charge is 2.23. The molecule has 4 nitrogen and oxygen atoms in total. The minimum atomic E-state index is 0.389. The molecule has 2 rings (SSSR count). The van der Waals surface area contributed by atoms with Crippen LogP contribution < -0.4 is 5.73 Å². The maximum Gasteiger partial charge on any atom is 0.191 e. The van der Waals surface area contributed by atoms with Crippen molar-refractivity contribution in [2.75, 3.05) is 5.75 Å². The van der Waals surface area contributed by atoms with Crippen molar-refractivity contribution in [3.63, 3.8) is 0 Å². The summed E-state index contributed by atoms with van der Waals surface area (Å²) in [6.45, 7) is 4.75. The first-order valence-corrected chi connectivity index (χ1v) is 6.47. The van der Waals surface area contributed by atoms with E-state index < -0.39 is 0 Å². The van der Waals surface area contributed by atoms with Gasteiger partial charge in [-0.15, -0.1) is 10.2 Å². The highest BCUT2D eigenvalue weighted by molar-refractivity contribution is 7.99. The van der Waals surface area contributed by atoms with Gasteiger partial charge in [-0.2, -0.15) is 0 Å². The van der Waals surface area contributed by atoms with Crippen molar-refractivity contribution in [3.05, 3.63) is 5.82 Å². The zero-order valence-corrected chi connectivity index (χ0v) is 10.1. The maximum atomic E-state index is 5.64. The van der Waals surface area contributed by atoms with E-state index in [1.165, 1.54) is 18.6 Å². The zero-order valence-electron chi connectivity index (χ0n) is 9.31. The van der Waals surface area contributed by atoms with Crippen LogP contribution in [0.3, 0.4) is 0 Å². The molecule has 0 spiro atoms. The van der Waals surface area contributed by atoms with Crippen LogP contribution in [0.15, 0.2) is 5.16 Å². The first kappa shape index (κ1) is 11.0. The molecule has 1 fully saturated rings. The molecule has 0 radical (unpaired) electrons. The molecule has 0 amide bonds. The van der Waals surface area contributed by atoms with Gasteiger partial charge in [0, 0.05) is 11.8 Å². The van der Waals surface area contributed by atoms with Crippen molar-refractivity contribution in [1.29, 1.82) is 0 Å². The van der Waals surface area contributed by atoms with Gasteiger partial charge in [-0.25, -0.2) is 0 Å². The van der Waals surface area contributed by atoms with Gasteiger partial charge in [0.15, 0.2) is 5.16 Å². The lowest BCUT2D eigenvalue weighted by molar-refractivity contribution is 0.526. The number of hydrogen-bond donors (Lipinski definition) is 1. The third kappa shape index (κ3) is 2.52. The summed E-state index contributed by atoms with van der Waals surface area (Å²) >= 11 is 1.82. The number of aromatic nitrogens is 3. The van der Waals surface area contributed by atoms with Crippen LogP contribution in [0.4, 0.5) is 0 Å². The molecule has 5 heteroatoms. The molecule has 1 heterocycles. The van der Waals surface area contributed by atoms with Crippen molar-refractivity contribution >= 4 is 11.8 Å². The SMILES string of the molecule is CC(C)n1c(CN)nnc1SCC1CC1. The Labute approximate surface area is 94.6 Å². The summed E-state index contributed by atoms with van der Waals surface area (Å²) in [6.07, 6.45) is 2.76. The largest absolute Gasteiger partial charge is 0.324 e. The molecule has 0 bridgehead atoms. The topological polar surface area (TPSA) is 56.7 Å². The molecule has 0 atom stereocenters. The molecule has 1 aromatic rings. The van der Waals surface area contributed by atoms with Gasteiger partial charge in [-0.3, -0.25) is 0 Å². The fourth-order valence-corrected chi connectivity index (χ4v) is 2.81. The van der Waals surface area contributed by atoms with Crippen LogP contribution in [-0.2, 0) is 6.54 Å². The second-order valence-electron chi connectivity index (χ2n) is 4.32. The van der Waals surface area contributed by atoms with E-state index in [0.717, 1.165) is 16.9 Å². The molecule has 84 valence electrons. The smallest absolute Gasteiger partial charge is 0.191 e. The number of hydrogen-bond acceptors (Lipinski definition) is 4. The van der Waals surface area contributed by atoms with Crippen molar-refractivity contribution in [2.24, 2.45) is 11.7 Å². The quantitative estimate of drug-likeness (QED) is 0.778. The van der Waals surface area contributed by atoms with E-state index in [1.54, 1.807) is 0 Å². The number of rotatable bonds is 5. The van der Waals surface area contributed by atoms with Crippen LogP contribution >= 0.6 is 11.8 Å². The monoisotopic (exact) mass is 226 g/mol. The summed E-state index contributed by atoms with van der Waals surface area (Å²) in [4.78, 5) is 0. The lowest BCUT2D eigenvalue weighted by Gasteiger charge is -2.12. The highest BCUT2D eigenvalue weighted by atomic mass is 32.2. The highest BCUT2D eigenvalue weighted by Crippen LogP contribution is 2.35. The van der Waals surface area contributed by atoms with Crippen LogP contribution in [0.1, 0.15) is 38.6 Å². The van der Waals surface area contributed by atoms with Crippen molar-refractivity contribution < 1.29 is 0 Å². The molecule has 1 aromatic heterocycles. The van der Waals surface area contributed by atoms with Crippen LogP contribution in [0.2, 0.25) is 0 Å². The Kier molecular flexibility index (Phi) is 3.31. The number of thioether (sulfide) groups is 1. The summed E-state index contributed by atoms with van der Waals surface area (Å²) in [7, 11) is 0. The predicted molar refractivity (Wildman–Crippen MR) is 61.7 cm³/mol. The Balaban J connectivity index is 2.09. The number of nitrogens with two attached hydrogens (primary N) is 1. The Bertz CT molecular complexity index is 330. The van der Waals surface area contributed by atoms with Gasteiger partial charge >= 0.3 is 0 Å². The van der Waals surface area contributed by atoms with E-state index in [9.17, 15) is 0 Å². The second kappa shape index (κ2) is 4.53. The van der Waals surface area contributed by atoms with Crippen LogP contribution in [-0.4, -0.2) is 20.5 Å². The van der Waals surface area contributed by atoms with Crippen LogP contribution in [0.5, 0.6) is 0 Å². The molecule has 15 heavy (non-hydrogen) atoms. The van der Waals surface area contributed by atoms with E-state index in [1.807, 2.05) is 11.8 Å². The van der Waals surface area contributed by atoms with Gasteiger partial charge in [0.25, 0.3) is 0 Å². The fourth-order valence-electron chi connectivity index (χ4n) is 1.54. The summed E-state index contributed by atoms with van der Waals surface area (Å²) < 4.78 is 2.15. The van der Waals surface area contributed by atoms with E-state index in [0.29, 0.717) is 12.6 Å². The normalized spacial score (nSPS) is 16.3. The van der Waals surface area contributed by atoms with Gasteiger partial charge < -0.3 is 10.3 Å². The van der Waals surface area contributed by atoms with Gasteiger partial charge in [0.2, 0.25) is 0 Å². The maximum absolute atomic E-state index is 5.64. The minimum Gasteiger partial charge on any atom is -0.324 e. The lowest BCUT2D eigenvalue weighted by Crippen LogP contribution is -2.11. The van der Waals surface area contributed by atoms with E-state index in [2.05, 4.69) is 28.6 Å².